The smallest absolute Gasteiger partial charge is 0.245 e. The Labute approximate surface area is 188 Å². The van der Waals surface area contributed by atoms with Crippen LogP contribution in [0.3, 0.4) is 0 Å². The van der Waals surface area contributed by atoms with Crippen molar-refractivity contribution >= 4 is 15.9 Å². The Kier molecular flexibility index (Phi) is 8.41. The molecule has 0 spiro atoms. The van der Waals surface area contributed by atoms with Crippen molar-refractivity contribution in [3.05, 3.63) is 71.6 Å². The third-order valence-electron chi connectivity index (χ3n) is 5.44. The number of carbonyl (C=O) groups is 1. The van der Waals surface area contributed by atoms with Crippen molar-refractivity contribution in [1.29, 1.82) is 0 Å². The molecule has 0 saturated heterocycles. The van der Waals surface area contributed by atoms with E-state index >= 15 is 0 Å². The largest absolute Gasteiger partial charge is 0.495 e. The number of benzene rings is 2. The quantitative estimate of drug-likeness (QED) is 0.529. The summed E-state index contributed by atoms with van der Waals surface area (Å²) in [6, 6.07) is 11.3. The van der Waals surface area contributed by atoms with E-state index in [4.69, 9.17) is 4.74 Å². The highest BCUT2D eigenvalue weighted by Gasteiger charge is 2.28. The predicted molar refractivity (Wildman–Crippen MR) is 121 cm³/mol. The molecule has 32 heavy (non-hydrogen) atoms. The van der Waals surface area contributed by atoms with Gasteiger partial charge in [0.15, 0.2) is 0 Å². The van der Waals surface area contributed by atoms with E-state index in [1.54, 1.807) is 0 Å². The van der Waals surface area contributed by atoms with Crippen molar-refractivity contribution in [3.8, 4) is 5.75 Å². The summed E-state index contributed by atoms with van der Waals surface area (Å²) >= 11 is 0. The van der Waals surface area contributed by atoms with E-state index in [1.165, 1.54) is 25.2 Å². The van der Waals surface area contributed by atoms with Gasteiger partial charge in [-0.3, -0.25) is 4.79 Å². The molecule has 172 valence electrons. The van der Waals surface area contributed by atoms with Gasteiger partial charge in [0, 0.05) is 6.54 Å². The van der Waals surface area contributed by atoms with Crippen LogP contribution >= 0.6 is 0 Å². The van der Waals surface area contributed by atoms with Crippen molar-refractivity contribution in [2.75, 3.05) is 13.7 Å². The molecule has 0 heterocycles. The maximum atomic E-state index is 13.8. The second-order valence-corrected chi connectivity index (χ2v) is 9.49. The molecule has 1 amide bonds. The van der Waals surface area contributed by atoms with Gasteiger partial charge in [-0.15, -0.1) is 0 Å². The SMILES string of the molecule is COc1ccc(F)cc1S(=O)(=O)NC(Cc1ccccc1)C(=O)NCCC1=CCCCC1. The summed E-state index contributed by atoms with van der Waals surface area (Å²) in [5, 5.41) is 2.85. The molecule has 0 bridgehead atoms. The number of methoxy groups -OCH3 is 1. The van der Waals surface area contributed by atoms with Gasteiger partial charge in [-0.05, 0) is 62.3 Å². The molecule has 0 aromatic heterocycles. The van der Waals surface area contributed by atoms with Crippen LogP contribution in [0.5, 0.6) is 5.75 Å². The van der Waals surface area contributed by atoms with Gasteiger partial charge in [-0.1, -0.05) is 42.0 Å². The molecule has 1 unspecified atom stereocenters. The Balaban J connectivity index is 1.76. The highest BCUT2D eigenvalue weighted by atomic mass is 32.2. The zero-order chi connectivity index (χ0) is 23.0. The van der Waals surface area contributed by atoms with Crippen LogP contribution in [0.2, 0.25) is 0 Å². The highest BCUT2D eigenvalue weighted by Crippen LogP contribution is 2.25. The summed E-state index contributed by atoms with van der Waals surface area (Å²) in [5.41, 5.74) is 2.12. The molecule has 1 aliphatic carbocycles. The van der Waals surface area contributed by atoms with E-state index < -0.39 is 27.8 Å². The number of hydrogen-bond donors (Lipinski definition) is 2. The molecule has 0 radical (unpaired) electrons. The molecule has 8 heteroatoms. The first-order valence-corrected chi connectivity index (χ1v) is 12.2. The first kappa shape index (κ1) is 23.9. The van der Waals surface area contributed by atoms with E-state index in [0.717, 1.165) is 43.4 Å². The van der Waals surface area contributed by atoms with E-state index in [1.807, 2.05) is 30.3 Å². The number of hydrogen-bond acceptors (Lipinski definition) is 4. The fraction of sp³-hybridized carbons (Fsp3) is 0.375. The van der Waals surface area contributed by atoms with Gasteiger partial charge in [0.2, 0.25) is 15.9 Å². The number of amides is 1. The molecule has 0 fully saturated rings. The number of rotatable bonds is 10. The number of sulfonamides is 1. The van der Waals surface area contributed by atoms with E-state index in [0.29, 0.717) is 6.54 Å². The first-order chi connectivity index (χ1) is 15.4. The van der Waals surface area contributed by atoms with Crippen molar-refractivity contribution in [3.63, 3.8) is 0 Å². The first-order valence-electron chi connectivity index (χ1n) is 10.7. The third-order valence-corrected chi connectivity index (χ3v) is 6.93. The van der Waals surface area contributed by atoms with Crippen LogP contribution in [0.1, 0.15) is 37.7 Å². The summed E-state index contributed by atoms with van der Waals surface area (Å²) < 4.78 is 47.4. The predicted octanol–water partition coefficient (Wildman–Crippen LogP) is 3.73. The van der Waals surface area contributed by atoms with Gasteiger partial charge in [-0.2, -0.15) is 4.72 Å². The van der Waals surface area contributed by atoms with Gasteiger partial charge in [0.05, 0.1) is 7.11 Å². The van der Waals surface area contributed by atoms with E-state index in [2.05, 4.69) is 16.1 Å². The van der Waals surface area contributed by atoms with Gasteiger partial charge in [0.25, 0.3) is 0 Å². The average molecular weight is 461 g/mol. The standard InChI is InChI=1S/C24H29FN2O4S/c1-31-22-13-12-20(25)17-23(22)32(29,30)27-21(16-19-10-6-3-7-11-19)24(28)26-15-14-18-8-4-2-5-9-18/h3,6-8,10-13,17,21,27H,2,4-5,9,14-16H2,1H3,(H,26,28). The van der Waals surface area contributed by atoms with Crippen molar-refractivity contribution in [2.24, 2.45) is 0 Å². The molecule has 1 aliphatic rings. The molecule has 0 aliphatic heterocycles. The lowest BCUT2D eigenvalue weighted by Gasteiger charge is -2.20. The molecule has 2 aromatic carbocycles. The summed E-state index contributed by atoms with van der Waals surface area (Å²) in [7, 11) is -2.92. The normalized spacial score (nSPS) is 15.0. The van der Waals surface area contributed by atoms with Crippen molar-refractivity contribution in [1.82, 2.24) is 10.0 Å². The fourth-order valence-electron chi connectivity index (χ4n) is 3.75. The summed E-state index contributed by atoms with van der Waals surface area (Å²) in [6.45, 7) is 0.432. The van der Waals surface area contributed by atoms with E-state index in [-0.39, 0.29) is 17.1 Å². The molecular weight excluding hydrogens is 431 g/mol. The maximum absolute atomic E-state index is 13.8. The second-order valence-electron chi connectivity index (χ2n) is 7.81. The van der Waals surface area contributed by atoms with Crippen LogP contribution in [-0.4, -0.2) is 34.0 Å². The summed E-state index contributed by atoms with van der Waals surface area (Å²) in [4.78, 5) is 12.6. The van der Waals surface area contributed by atoms with Crippen LogP contribution in [0.25, 0.3) is 0 Å². The van der Waals surface area contributed by atoms with Crippen LogP contribution in [0, 0.1) is 5.82 Å². The topological polar surface area (TPSA) is 84.5 Å². The summed E-state index contributed by atoms with van der Waals surface area (Å²) in [6.07, 6.45) is 7.58. The lowest BCUT2D eigenvalue weighted by molar-refractivity contribution is -0.122. The van der Waals surface area contributed by atoms with Crippen LogP contribution in [-0.2, 0) is 21.2 Å². The molecule has 1 atom stereocenters. The maximum Gasteiger partial charge on any atom is 0.245 e. The lowest BCUT2D eigenvalue weighted by Crippen LogP contribution is -2.48. The minimum atomic E-state index is -4.22. The summed E-state index contributed by atoms with van der Waals surface area (Å²) in [5.74, 6) is -1.14. The van der Waals surface area contributed by atoms with Crippen molar-refractivity contribution in [2.45, 2.75) is 49.5 Å². The Morgan fingerprint density at radius 3 is 2.62 bits per heavy atom. The molecule has 2 aromatic rings. The van der Waals surface area contributed by atoms with Gasteiger partial charge >= 0.3 is 0 Å². The zero-order valence-electron chi connectivity index (χ0n) is 18.1. The lowest BCUT2D eigenvalue weighted by atomic mass is 9.97. The van der Waals surface area contributed by atoms with E-state index in [9.17, 15) is 17.6 Å². The van der Waals surface area contributed by atoms with Crippen LogP contribution < -0.4 is 14.8 Å². The molecule has 0 saturated carbocycles. The number of halogens is 1. The Morgan fingerprint density at radius 2 is 1.94 bits per heavy atom. The number of allylic oxidation sites excluding steroid dienone is 1. The van der Waals surface area contributed by atoms with Crippen LogP contribution in [0.15, 0.2) is 65.1 Å². The van der Waals surface area contributed by atoms with Crippen molar-refractivity contribution < 1.29 is 22.3 Å². The Bertz CT molecular complexity index is 1050. The van der Waals surface area contributed by atoms with Gasteiger partial charge < -0.3 is 10.1 Å². The van der Waals surface area contributed by atoms with Crippen LogP contribution in [0.4, 0.5) is 4.39 Å². The van der Waals surface area contributed by atoms with Gasteiger partial charge in [0.1, 0.15) is 22.5 Å². The number of ether oxygens (including phenoxy) is 1. The fourth-order valence-corrected chi connectivity index (χ4v) is 5.13. The monoisotopic (exact) mass is 460 g/mol. The van der Waals surface area contributed by atoms with Gasteiger partial charge in [-0.25, -0.2) is 12.8 Å². The minimum absolute atomic E-state index is 0.00186. The Hall–Kier alpha value is -2.71. The molecule has 6 nitrogen and oxygen atoms in total. The minimum Gasteiger partial charge on any atom is -0.495 e. The zero-order valence-corrected chi connectivity index (χ0v) is 19.0. The Morgan fingerprint density at radius 1 is 1.16 bits per heavy atom. The molecule has 2 N–H and O–H groups in total. The highest BCUT2D eigenvalue weighted by molar-refractivity contribution is 7.89. The average Bonchev–Trinajstić information content (AvgIpc) is 2.80. The molecular formula is C24H29FN2O4S. The molecule has 3 rings (SSSR count). The number of nitrogens with one attached hydrogen (secondary N) is 2. The number of carbonyl (C=O) groups excluding carboxylic acids is 1. The third kappa shape index (κ3) is 6.64. The second kappa shape index (κ2) is 11.2.